The molecule has 1 aliphatic heterocycles. The van der Waals surface area contributed by atoms with Gasteiger partial charge in [0.2, 0.25) is 5.91 Å². The summed E-state index contributed by atoms with van der Waals surface area (Å²) in [5, 5.41) is 6.44. The summed E-state index contributed by atoms with van der Waals surface area (Å²) in [6.07, 6.45) is 12.2. The van der Waals surface area contributed by atoms with Gasteiger partial charge < -0.3 is 20.1 Å². The highest BCUT2D eigenvalue weighted by Crippen LogP contribution is 2.39. The van der Waals surface area contributed by atoms with Crippen LogP contribution in [0.25, 0.3) is 0 Å². The van der Waals surface area contributed by atoms with Crippen molar-refractivity contribution in [1.29, 1.82) is 0 Å². The van der Waals surface area contributed by atoms with Crippen LogP contribution >= 0.6 is 0 Å². The first kappa shape index (κ1) is 24.4. The fraction of sp³-hybridized carbons (Fsp3) is 0.630. The number of halogens is 2. The van der Waals surface area contributed by atoms with Crippen LogP contribution in [-0.2, 0) is 17.6 Å². The van der Waals surface area contributed by atoms with Gasteiger partial charge in [0.05, 0.1) is 12.4 Å². The molecule has 8 heteroatoms. The maximum Gasteiger partial charge on any atom is 0.242 e. The SMILES string of the molecule is CCCC(NC1CCc2cc(F)cc(F)c2C1)C(=O)Nc1cn([C@H]2CCC2CN2CCCC2)cn1. The van der Waals surface area contributed by atoms with Crippen molar-refractivity contribution < 1.29 is 13.6 Å². The van der Waals surface area contributed by atoms with Gasteiger partial charge >= 0.3 is 0 Å². The standard InChI is InChI=1S/C27H37F2N5O/c1-2-5-24(31-21-8-6-18-12-20(28)13-23(29)22(18)14-21)27(35)32-26-16-34(17-30-26)25-9-7-19(25)15-33-10-3-4-11-33/h12-13,16-17,19,21,24-25,31H,2-11,14-15H2,1H3,(H,32,35)/t19?,21?,24?,25-/m0/s1. The quantitative estimate of drug-likeness (QED) is 0.551. The molecular formula is C27H37F2N5O. The lowest BCUT2D eigenvalue weighted by molar-refractivity contribution is -0.118. The minimum absolute atomic E-state index is 0.0244. The third-order valence-electron chi connectivity index (χ3n) is 8.10. The Labute approximate surface area is 206 Å². The number of aromatic nitrogens is 2. The van der Waals surface area contributed by atoms with Gasteiger partial charge in [-0.15, -0.1) is 0 Å². The fourth-order valence-electron chi connectivity index (χ4n) is 6.04. The van der Waals surface area contributed by atoms with E-state index in [0.29, 0.717) is 42.6 Å². The zero-order valence-corrected chi connectivity index (χ0v) is 20.6. The van der Waals surface area contributed by atoms with Gasteiger partial charge in [-0.05, 0) is 87.6 Å². The molecule has 1 amide bonds. The molecule has 2 N–H and O–H groups in total. The number of likely N-dealkylation sites (tertiary alicyclic amines) is 1. The van der Waals surface area contributed by atoms with Crippen LogP contribution in [0.4, 0.5) is 14.6 Å². The van der Waals surface area contributed by atoms with Crippen LogP contribution in [0.3, 0.4) is 0 Å². The Morgan fingerprint density at radius 1 is 1.20 bits per heavy atom. The summed E-state index contributed by atoms with van der Waals surface area (Å²) in [4.78, 5) is 20.2. The largest absolute Gasteiger partial charge is 0.332 e. The highest BCUT2D eigenvalue weighted by molar-refractivity contribution is 5.94. The number of hydrogen-bond acceptors (Lipinski definition) is 4. The van der Waals surface area contributed by atoms with Crippen LogP contribution < -0.4 is 10.6 Å². The van der Waals surface area contributed by atoms with Crippen LogP contribution in [0.1, 0.15) is 69.0 Å². The molecule has 3 unspecified atom stereocenters. The molecule has 2 aromatic rings. The van der Waals surface area contributed by atoms with Crippen molar-refractivity contribution >= 4 is 11.7 Å². The lowest BCUT2D eigenvalue weighted by Gasteiger charge is -2.39. The highest BCUT2D eigenvalue weighted by Gasteiger charge is 2.34. The number of carbonyl (C=O) groups excluding carboxylic acids is 1. The lowest BCUT2D eigenvalue weighted by Crippen LogP contribution is -2.48. The Balaban J connectivity index is 1.18. The first-order valence-electron chi connectivity index (χ1n) is 13.3. The molecule has 190 valence electrons. The zero-order valence-electron chi connectivity index (χ0n) is 20.6. The minimum atomic E-state index is -0.528. The molecule has 4 atom stereocenters. The van der Waals surface area contributed by atoms with Gasteiger partial charge in [0.25, 0.3) is 0 Å². The van der Waals surface area contributed by atoms with Crippen molar-refractivity contribution in [2.75, 3.05) is 25.0 Å². The monoisotopic (exact) mass is 485 g/mol. The Bertz CT molecular complexity index is 1030. The number of anilines is 1. The number of aryl methyl sites for hydroxylation is 1. The number of imidazole rings is 1. The van der Waals surface area contributed by atoms with E-state index in [1.54, 1.807) is 0 Å². The Kier molecular flexibility index (Phi) is 7.48. The van der Waals surface area contributed by atoms with E-state index in [4.69, 9.17) is 0 Å². The molecule has 2 heterocycles. The molecule has 35 heavy (non-hydrogen) atoms. The van der Waals surface area contributed by atoms with Gasteiger partial charge in [0, 0.05) is 30.9 Å². The van der Waals surface area contributed by atoms with Crippen molar-refractivity contribution in [2.24, 2.45) is 5.92 Å². The molecule has 1 saturated heterocycles. The summed E-state index contributed by atoms with van der Waals surface area (Å²) in [7, 11) is 0. The van der Waals surface area contributed by atoms with Crippen molar-refractivity contribution in [3.05, 3.63) is 47.4 Å². The van der Waals surface area contributed by atoms with Crippen molar-refractivity contribution in [2.45, 2.75) is 82.8 Å². The Morgan fingerprint density at radius 2 is 2.03 bits per heavy atom. The molecule has 2 aliphatic carbocycles. The van der Waals surface area contributed by atoms with Crippen LogP contribution in [0.5, 0.6) is 0 Å². The van der Waals surface area contributed by atoms with E-state index in [-0.39, 0.29) is 18.0 Å². The van der Waals surface area contributed by atoms with E-state index < -0.39 is 11.6 Å². The van der Waals surface area contributed by atoms with E-state index in [9.17, 15) is 13.6 Å². The van der Waals surface area contributed by atoms with E-state index in [0.717, 1.165) is 37.4 Å². The number of hydrogen-bond donors (Lipinski definition) is 2. The van der Waals surface area contributed by atoms with Gasteiger partial charge in [-0.1, -0.05) is 13.3 Å². The molecule has 1 aromatic carbocycles. The zero-order chi connectivity index (χ0) is 24.4. The van der Waals surface area contributed by atoms with E-state index in [1.807, 2.05) is 19.4 Å². The summed E-state index contributed by atoms with van der Waals surface area (Å²) in [5.41, 5.74) is 1.30. The van der Waals surface area contributed by atoms with Gasteiger partial charge in [-0.2, -0.15) is 0 Å². The van der Waals surface area contributed by atoms with Crippen molar-refractivity contribution in [3.8, 4) is 0 Å². The average Bonchev–Trinajstić information content (AvgIpc) is 3.49. The highest BCUT2D eigenvalue weighted by atomic mass is 19.1. The normalized spacial score (nSPS) is 25.2. The molecule has 6 nitrogen and oxygen atoms in total. The summed E-state index contributed by atoms with van der Waals surface area (Å²) in [6.45, 7) is 5.64. The average molecular weight is 486 g/mol. The van der Waals surface area contributed by atoms with Crippen LogP contribution in [0.15, 0.2) is 24.7 Å². The van der Waals surface area contributed by atoms with Crippen molar-refractivity contribution in [3.63, 3.8) is 0 Å². The van der Waals surface area contributed by atoms with E-state index in [1.165, 1.54) is 38.4 Å². The number of rotatable bonds is 9. The predicted molar refractivity (Wildman–Crippen MR) is 132 cm³/mol. The van der Waals surface area contributed by atoms with E-state index in [2.05, 4.69) is 25.1 Å². The smallest absolute Gasteiger partial charge is 0.242 e. The Morgan fingerprint density at radius 3 is 2.77 bits per heavy atom. The number of carbonyl (C=O) groups is 1. The second-order valence-electron chi connectivity index (χ2n) is 10.6. The molecule has 1 saturated carbocycles. The second-order valence-corrected chi connectivity index (χ2v) is 10.6. The van der Waals surface area contributed by atoms with E-state index >= 15 is 0 Å². The summed E-state index contributed by atoms with van der Waals surface area (Å²) >= 11 is 0. The first-order valence-corrected chi connectivity index (χ1v) is 13.3. The third-order valence-corrected chi connectivity index (χ3v) is 8.10. The van der Waals surface area contributed by atoms with Gasteiger partial charge in [0.1, 0.15) is 11.6 Å². The minimum Gasteiger partial charge on any atom is -0.332 e. The van der Waals surface area contributed by atoms with Crippen LogP contribution in [0, 0.1) is 17.6 Å². The molecule has 0 bridgehead atoms. The number of benzene rings is 1. The summed E-state index contributed by atoms with van der Waals surface area (Å²) < 4.78 is 30.0. The van der Waals surface area contributed by atoms with Crippen molar-refractivity contribution in [1.82, 2.24) is 19.8 Å². The number of amides is 1. The summed E-state index contributed by atoms with van der Waals surface area (Å²) in [6, 6.07) is 2.43. The number of fused-ring (bicyclic) bond motifs is 1. The molecule has 0 spiro atoms. The van der Waals surface area contributed by atoms with Crippen LogP contribution in [-0.4, -0.2) is 52.1 Å². The maximum absolute atomic E-state index is 14.3. The topological polar surface area (TPSA) is 62.2 Å². The number of nitrogens with zero attached hydrogens (tertiary/aromatic N) is 3. The third kappa shape index (κ3) is 5.59. The molecule has 2 fully saturated rings. The maximum atomic E-state index is 14.3. The molecule has 0 radical (unpaired) electrons. The Hall–Kier alpha value is -2.32. The van der Waals surface area contributed by atoms with Gasteiger partial charge in [0.15, 0.2) is 5.82 Å². The first-order chi connectivity index (χ1) is 17.0. The second kappa shape index (κ2) is 10.7. The molecule has 5 rings (SSSR count). The molecule has 1 aromatic heterocycles. The lowest BCUT2D eigenvalue weighted by atomic mass is 9.79. The fourth-order valence-corrected chi connectivity index (χ4v) is 6.04. The van der Waals surface area contributed by atoms with Gasteiger partial charge in [-0.25, -0.2) is 13.8 Å². The van der Waals surface area contributed by atoms with Crippen LogP contribution in [0.2, 0.25) is 0 Å². The predicted octanol–water partition coefficient (Wildman–Crippen LogP) is 4.46. The number of nitrogens with one attached hydrogen (secondary N) is 2. The molecule has 3 aliphatic rings. The van der Waals surface area contributed by atoms with Gasteiger partial charge in [-0.3, -0.25) is 4.79 Å². The summed E-state index contributed by atoms with van der Waals surface area (Å²) in [5.74, 6) is 0.112. The molecular weight excluding hydrogens is 448 g/mol.